The first kappa shape index (κ1) is 11.9. The van der Waals surface area contributed by atoms with E-state index in [0.29, 0.717) is 17.4 Å². The van der Waals surface area contributed by atoms with E-state index in [1.54, 1.807) is 0 Å². The third-order valence-corrected chi connectivity index (χ3v) is 5.23. The van der Waals surface area contributed by atoms with E-state index in [9.17, 15) is 14.9 Å². The molecule has 20 heavy (non-hydrogen) atoms. The van der Waals surface area contributed by atoms with Crippen LogP contribution in [0.1, 0.15) is 29.6 Å². The maximum Gasteiger partial charge on any atom is 0.338 e. The molecule has 1 aromatic rings. The van der Waals surface area contributed by atoms with Crippen LogP contribution in [0, 0.1) is 33.8 Å². The summed E-state index contributed by atoms with van der Waals surface area (Å²) in [5.74, 6) is 2.39. The zero-order valence-corrected chi connectivity index (χ0v) is 10.9. The van der Waals surface area contributed by atoms with Gasteiger partial charge in [-0.25, -0.2) is 4.79 Å². The number of benzene rings is 1. The molecule has 3 fully saturated rings. The minimum absolute atomic E-state index is 0.0104. The van der Waals surface area contributed by atoms with Gasteiger partial charge in [-0.1, -0.05) is 0 Å². The Balaban J connectivity index is 1.46. The molecule has 0 amide bonds. The standard InChI is InChI=1S/C15H15NO4/c17-15(8-1-3-9(4-2-8)16(18)19)20-14-11-6-5-10(11)12-7-13(12)14/h1-4,10-14H,5-7H2/t10-,11+,12-,13-,14+/m1/s1. The van der Waals surface area contributed by atoms with Crippen LogP contribution in [-0.2, 0) is 4.74 Å². The fourth-order valence-electron chi connectivity index (χ4n) is 4.00. The molecular formula is C15H15NO4. The predicted molar refractivity (Wildman–Crippen MR) is 70.1 cm³/mol. The van der Waals surface area contributed by atoms with Crippen molar-refractivity contribution in [2.24, 2.45) is 23.7 Å². The van der Waals surface area contributed by atoms with Crippen LogP contribution < -0.4 is 0 Å². The van der Waals surface area contributed by atoms with E-state index in [2.05, 4.69) is 0 Å². The van der Waals surface area contributed by atoms with Crippen molar-refractivity contribution < 1.29 is 14.5 Å². The lowest BCUT2D eigenvalue weighted by molar-refractivity contribution is -0.384. The molecular weight excluding hydrogens is 258 g/mol. The zero-order valence-electron chi connectivity index (χ0n) is 10.9. The summed E-state index contributed by atoms with van der Waals surface area (Å²) in [5, 5.41) is 10.6. The Labute approximate surface area is 116 Å². The molecule has 104 valence electrons. The molecule has 0 radical (unpaired) electrons. The van der Waals surface area contributed by atoms with Crippen LogP contribution in [0.5, 0.6) is 0 Å². The molecule has 3 aliphatic rings. The van der Waals surface area contributed by atoms with Crippen molar-refractivity contribution in [2.45, 2.75) is 25.4 Å². The maximum atomic E-state index is 12.1. The Bertz CT molecular complexity index is 582. The molecule has 0 saturated heterocycles. The van der Waals surface area contributed by atoms with Gasteiger partial charge >= 0.3 is 5.97 Å². The van der Waals surface area contributed by atoms with Crippen LogP contribution in [0.25, 0.3) is 0 Å². The smallest absolute Gasteiger partial charge is 0.338 e. The van der Waals surface area contributed by atoms with E-state index in [1.165, 1.54) is 43.5 Å². The molecule has 0 heterocycles. The number of non-ortho nitro benzene ring substituents is 1. The summed E-state index contributed by atoms with van der Waals surface area (Å²) in [6.07, 6.45) is 3.76. The second-order valence-corrected chi connectivity index (χ2v) is 6.14. The Morgan fingerprint density at radius 1 is 1.10 bits per heavy atom. The quantitative estimate of drug-likeness (QED) is 0.482. The third kappa shape index (κ3) is 1.65. The van der Waals surface area contributed by atoms with Crippen molar-refractivity contribution in [2.75, 3.05) is 0 Å². The topological polar surface area (TPSA) is 69.4 Å². The molecule has 5 nitrogen and oxygen atoms in total. The molecule has 5 atom stereocenters. The van der Waals surface area contributed by atoms with Gasteiger partial charge in [-0.2, -0.15) is 0 Å². The van der Waals surface area contributed by atoms with Crippen LogP contribution in [0.15, 0.2) is 24.3 Å². The number of nitrogens with zero attached hydrogens (tertiary/aromatic N) is 1. The monoisotopic (exact) mass is 273 g/mol. The summed E-state index contributed by atoms with van der Waals surface area (Å²) in [6.45, 7) is 0. The number of rotatable bonds is 3. The Morgan fingerprint density at radius 2 is 1.80 bits per heavy atom. The SMILES string of the molecule is O=C(O[C@@H]1[C@@H]2C[C@@H]2[C@@H]2CC[C@@H]21)c1ccc([N+](=O)[O-])cc1. The fourth-order valence-corrected chi connectivity index (χ4v) is 4.00. The third-order valence-electron chi connectivity index (χ3n) is 5.23. The molecule has 0 aromatic heterocycles. The van der Waals surface area contributed by atoms with Gasteiger partial charge in [0.05, 0.1) is 10.5 Å². The van der Waals surface area contributed by atoms with Crippen molar-refractivity contribution >= 4 is 11.7 Å². The Kier molecular flexibility index (Phi) is 2.40. The van der Waals surface area contributed by atoms with E-state index in [0.717, 1.165) is 11.8 Å². The van der Waals surface area contributed by atoms with Gasteiger partial charge in [0.1, 0.15) is 6.10 Å². The first-order chi connectivity index (χ1) is 9.65. The van der Waals surface area contributed by atoms with Crippen molar-refractivity contribution in [3.05, 3.63) is 39.9 Å². The van der Waals surface area contributed by atoms with Gasteiger partial charge in [0.15, 0.2) is 0 Å². The molecule has 3 aliphatic carbocycles. The van der Waals surface area contributed by atoms with Gasteiger partial charge in [-0.3, -0.25) is 10.1 Å². The van der Waals surface area contributed by atoms with E-state index < -0.39 is 4.92 Å². The van der Waals surface area contributed by atoms with Crippen LogP contribution in [0.4, 0.5) is 5.69 Å². The highest BCUT2D eigenvalue weighted by atomic mass is 16.6. The van der Waals surface area contributed by atoms with Crippen LogP contribution in [0.3, 0.4) is 0 Å². The zero-order chi connectivity index (χ0) is 13.9. The van der Waals surface area contributed by atoms with Crippen LogP contribution in [0.2, 0.25) is 0 Å². The second-order valence-electron chi connectivity index (χ2n) is 6.14. The van der Waals surface area contributed by atoms with Gasteiger partial charge in [-0.15, -0.1) is 0 Å². The molecule has 0 bridgehead atoms. The number of carbonyl (C=O) groups excluding carboxylic acids is 1. The Morgan fingerprint density at radius 3 is 2.35 bits per heavy atom. The highest BCUT2D eigenvalue weighted by molar-refractivity contribution is 5.89. The molecule has 0 N–H and O–H groups in total. The molecule has 4 rings (SSSR count). The van der Waals surface area contributed by atoms with Gasteiger partial charge in [0.25, 0.3) is 5.69 Å². The average Bonchev–Trinajstić information content (AvgIpc) is 3.12. The van der Waals surface area contributed by atoms with E-state index >= 15 is 0 Å². The number of carbonyl (C=O) groups is 1. The molecule has 1 aromatic carbocycles. The molecule has 0 aliphatic heterocycles. The fraction of sp³-hybridized carbons (Fsp3) is 0.533. The van der Waals surface area contributed by atoms with Crippen molar-refractivity contribution in [1.29, 1.82) is 0 Å². The lowest BCUT2D eigenvalue weighted by Gasteiger charge is -2.36. The number of nitro benzene ring substituents is 1. The van der Waals surface area contributed by atoms with Gasteiger partial charge in [0.2, 0.25) is 0 Å². The summed E-state index contributed by atoms with van der Waals surface area (Å²) < 4.78 is 5.68. The number of hydrogen-bond donors (Lipinski definition) is 0. The predicted octanol–water partition coefficient (Wildman–Crippen LogP) is 2.80. The number of hydrogen-bond acceptors (Lipinski definition) is 4. The number of ether oxygens (including phenoxy) is 1. The van der Waals surface area contributed by atoms with Gasteiger partial charge in [0, 0.05) is 12.1 Å². The van der Waals surface area contributed by atoms with Crippen LogP contribution in [-0.4, -0.2) is 17.0 Å². The molecule has 5 heteroatoms. The molecule has 0 unspecified atom stereocenters. The molecule has 3 saturated carbocycles. The van der Waals surface area contributed by atoms with Gasteiger partial charge < -0.3 is 4.74 Å². The minimum atomic E-state index is -0.472. The number of fused-ring (bicyclic) bond motifs is 3. The highest BCUT2D eigenvalue weighted by Gasteiger charge is 2.64. The van der Waals surface area contributed by atoms with E-state index in [1.807, 2.05) is 0 Å². The van der Waals surface area contributed by atoms with E-state index in [-0.39, 0.29) is 17.8 Å². The average molecular weight is 273 g/mol. The summed E-state index contributed by atoms with van der Waals surface area (Å²) in [4.78, 5) is 22.2. The van der Waals surface area contributed by atoms with Crippen molar-refractivity contribution in [3.8, 4) is 0 Å². The normalized spacial score (nSPS) is 36.5. The lowest BCUT2D eigenvalue weighted by atomic mass is 9.72. The lowest BCUT2D eigenvalue weighted by Crippen LogP contribution is -2.35. The first-order valence-electron chi connectivity index (χ1n) is 7.10. The summed E-state index contributed by atoms with van der Waals surface area (Å²) in [5.41, 5.74) is 0.388. The largest absolute Gasteiger partial charge is 0.458 e. The Hall–Kier alpha value is -1.91. The second kappa shape index (κ2) is 4.04. The van der Waals surface area contributed by atoms with Crippen LogP contribution >= 0.6 is 0 Å². The minimum Gasteiger partial charge on any atom is -0.458 e. The number of nitro groups is 1. The van der Waals surface area contributed by atoms with E-state index in [4.69, 9.17) is 4.74 Å². The summed E-state index contributed by atoms with van der Waals surface area (Å²) in [6, 6.07) is 5.63. The first-order valence-corrected chi connectivity index (χ1v) is 7.10. The summed E-state index contributed by atoms with van der Waals surface area (Å²) >= 11 is 0. The highest BCUT2D eigenvalue weighted by Crippen LogP contribution is 2.66. The van der Waals surface area contributed by atoms with Crippen molar-refractivity contribution in [1.82, 2.24) is 0 Å². The van der Waals surface area contributed by atoms with Crippen molar-refractivity contribution in [3.63, 3.8) is 0 Å². The summed E-state index contributed by atoms with van der Waals surface area (Å²) in [7, 11) is 0. The van der Waals surface area contributed by atoms with Gasteiger partial charge in [-0.05, 0) is 55.1 Å². The maximum absolute atomic E-state index is 12.1. The molecule has 0 spiro atoms. The number of esters is 1.